The molecule has 1 amide bonds. The first-order valence-corrected chi connectivity index (χ1v) is 9.79. The predicted molar refractivity (Wildman–Crippen MR) is 99.8 cm³/mol. The molecule has 11 heteroatoms. The van der Waals surface area contributed by atoms with Crippen molar-refractivity contribution in [2.24, 2.45) is 11.5 Å². The number of aliphatic hydroxyl groups is 1. The lowest BCUT2D eigenvalue weighted by molar-refractivity contribution is -0.113. The van der Waals surface area contributed by atoms with Crippen LogP contribution in [0, 0.1) is 0 Å². The fraction of sp³-hybridized carbons (Fsp3) is 0.200. The van der Waals surface area contributed by atoms with Crippen LogP contribution in [0.15, 0.2) is 46.4 Å². The van der Waals surface area contributed by atoms with E-state index in [1.165, 1.54) is 19.3 Å². The summed E-state index contributed by atoms with van der Waals surface area (Å²) in [6, 6.07) is 6.32. The number of nitrogens with one attached hydrogen (secondary N) is 1. The van der Waals surface area contributed by atoms with Crippen LogP contribution in [-0.4, -0.2) is 48.9 Å². The number of rotatable bonds is 3. The van der Waals surface area contributed by atoms with E-state index >= 15 is 0 Å². The number of aromatic nitrogens is 1. The zero-order valence-corrected chi connectivity index (χ0v) is 15.5. The zero-order valence-electron chi connectivity index (χ0n) is 13.9. The maximum Gasteiger partial charge on any atom is 0.278 e. The largest absolute Gasteiger partial charge is 0.504 e. The van der Waals surface area contributed by atoms with Crippen LogP contribution in [0.5, 0.6) is 0 Å². The van der Waals surface area contributed by atoms with E-state index in [-0.39, 0.29) is 27.0 Å². The molecule has 0 aliphatic carbocycles. The van der Waals surface area contributed by atoms with Crippen molar-refractivity contribution >= 4 is 38.8 Å². The van der Waals surface area contributed by atoms with Crippen molar-refractivity contribution in [2.45, 2.75) is 4.90 Å². The number of anilines is 1. The van der Waals surface area contributed by atoms with E-state index in [2.05, 4.69) is 10.3 Å². The molecule has 0 bridgehead atoms. The fourth-order valence-corrected chi connectivity index (χ4v) is 4.62. The number of nitrogens with two attached hydrogens (primary N) is 2. The molecule has 1 aliphatic rings. The summed E-state index contributed by atoms with van der Waals surface area (Å²) in [5.41, 5.74) is 9.47. The van der Waals surface area contributed by atoms with Gasteiger partial charge in [-0.15, -0.1) is 11.3 Å². The number of sulfonamides is 1. The molecular weight excluding hydrogens is 378 g/mol. The number of carbonyl (C=O) groups is 1. The van der Waals surface area contributed by atoms with Gasteiger partial charge >= 0.3 is 0 Å². The second kappa shape index (κ2) is 8.27. The summed E-state index contributed by atoms with van der Waals surface area (Å²) < 4.78 is 25.5. The van der Waals surface area contributed by atoms with Crippen LogP contribution < -0.4 is 16.8 Å². The molecule has 0 saturated carbocycles. The molecule has 0 fully saturated rings. The van der Waals surface area contributed by atoms with Gasteiger partial charge in [-0.25, -0.2) is 13.4 Å². The molecule has 3 heterocycles. The summed E-state index contributed by atoms with van der Waals surface area (Å²) in [6.07, 6.45) is 1.49. The quantitative estimate of drug-likeness (QED) is 0.590. The van der Waals surface area contributed by atoms with E-state index in [9.17, 15) is 18.3 Å². The summed E-state index contributed by atoms with van der Waals surface area (Å²) >= 11 is 1.06. The Labute approximate surface area is 155 Å². The van der Waals surface area contributed by atoms with E-state index in [4.69, 9.17) is 11.5 Å². The first-order chi connectivity index (χ1) is 12.3. The van der Waals surface area contributed by atoms with Crippen LogP contribution in [0.3, 0.4) is 0 Å². The zero-order chi connectivity index (χ0) is 19.3. The maximum atomic E-state index is 12.4. The number of pyridine rings is 1. The van der Waals surface area contributed by atoms with Gasteiger partial charge in [0.1, 0.15) is 10.7 Å². The van der Waals surface area contributed by atoms with Crippen LogP contribution in [0.1, 0.15) is 4.88 Å². The molecule has 0 radical (unpaired) electrons. The van der Waals surface area contributed by atoms with Crippen molar-refractivity contribution in [1.29, 1.82) is 0 Å². The Morgan fingerprint density at radius 2 is 2.00 bits per heavy atom. The molecule has 0 saturated heterocycles. The molecule has 9 nitrogen and oxygen atoms in total. The number of aliphatic hydroxyl groups excluding tert-OH is 1. The predicted octanol–water partition coefficient (Wildman–Crippen LogP) is 0.546. The lowest BCUT2D eigenvalue weighted by Gasteiger charge is -2.26. The summed E-state index contributed by atoms with van der Waals surface area (Å²) in [5.74, 6) is -0.854. The number of likely N-dealkylation sites (N-methyl/N-ethyl adjacent to an activating group) is 1. The van der Waals surface area contributed by atoms with Gasteiger partial charge in [-0.3, -0.25) is 9.10 Å². The normalized spacial score (nSPS) is 15.0. The Kier molecular flexibility index (Phi) is 6.32. The van der Waals surface area contributed by atoms with Gasteiger partial charge in [-0.2, -0.15) is 0 Å². The SMILES string of the molecule is CN1C(C(=O)Nc2ccccn2)=C(O)c2sccc2S1(=O)=O.NCCN. The van der Waals surface area contributed by atoms with Crippen molar-refractivity contribution in [2.75, 3.05) is 25.5 Å². The van der Waals surface area contributed by atoms with Crippen molar-refractivity contribution < 1.29 is 18.3 Å². The summed E-state index contributed by atoms with van der Waals surface area (Å²) in [5, 5.41) is 14.3. The molecule has 2 aromatic rings. The maximum absolute atomic E-state index is 12.4. The first-order valence-electron chi connectivity index (χ1n) is 7.47. The van der Waals surface area contributed by atoms with Crippen LogP contribution in [-0.2, 0) is 14.8 Å². The average Bonchev–Trinajstić information content (AvgIpc) is 3.13. The third kappa shape index (κ3) is 3.85. The minimum atomic E-state index is -3.85. The van der Waals surface area contributed by atoms with Gasteiger partial charge in [0.2, 0.25) is 0 Å². The Bertz CT molecular complexity index is 907. The molecule has 1 aliphatic heterocycles. The monoisotopic (exact) mass is 397 g/mol. The Hall–Kier alpha value is -2.47. The minimum absolute atomic E-state index is 0.00751. The van der Waals surface area contributed by atoms with Crippen LogP contribution in [0.4, 0.5) is 5.82 Å². The number of carbonyl (C=O) groups excluding carboxylic acids is 1. The number of fused-ring (bicyclic) bond motifs is 1. The van der Waals surface area contributed by atoms with E-state index in [0.717, 1.165) is 15.6 Å². The molecule has 0 aromatic carbocycles. The molecule has 0 atom stereocenters. The van der Waals surface area contributed by atoms with Crippen molar-refractivity contribution in [3.05, 3.63) is 46.4 Å². The summed E-state index contributed by atoms with van der Waals surface area (Å²) in [6.45, 7) is 1.19. The van der Waals surface area contributed by atoms with E-state index < -0.39 is 15.9 Å². The topological polar surface area (TPSA) is 152 Å². The molecule has 3 rings (SSSR count). The molecular formula is C15H19N5O4S2. The molecule has 6 N–H and O–H groups in total. The number of hydrogen-bond acceptors (Lipinski definition) is 8. The standard InChI is InChI=1S/C13H11N3O4S2.C2H8N2/c1-16-10(13(18)15-9-4-2-3-6-14-9)11(17)12-8(5-7-21-12)22(16,19)20;3-1-2-4/h2-7,17H,1H3,(H,14,15,18);1-4H2. The van der Waals surface area contributed by atoms with Gasteiger partial charge in [0.25, 0.3) is 15.9 Å². The van der Waals surface area contributed by atoms with Crippen LogP contribution >= 0.6 is 11.3 Å². The van der Waals surface area contributed by atoms with Gasteiger partial charge in [-0.1, -0.05) is 6.07 Å². The van der Waals surface area contributed by atoms with Gasteiger partial charge in [-0.05, 0) is 23.6 Å². The summed E-state index contributed by atoms with van der Waals surface area (Å²) in [7, 11) is -2.63. The third-order valence-corrected chi connectivity index (χ3v) is 6.16. The highest BCUT2D eigenvalue weighted by atomic mass is 32.2. The van der Waals surface area contributed by atoms with Crippen LogP contribution in [0.25, 0.3) is 5.76 Å². The number of thiophene rings is 1. The number of hydrogen-bond donors (Lipinski definition) is 4. The molecule has 26 heavy (non-hydrogen) atoms. The molecule has 0 unspecified atom stereocenters. The average molecular weight is 397 g/mol. The van der Waals surface area contributed by atoms with E-state index in [1.54, 1.807) is 23.6 Å². The lowest BCUT2D eigenvalue weighted by Crippen LogP contribution is -2.36. The van der Waals surface area contributed by atoms with E-state index in [1.807, 2.05) is 0 Å². The first kappa shape index (κ1) is 19.8. The van der Waals surface area contributed by atoms with Gasteiger partial charge < -0.3 is 21.9 Å². The second-order valence-corrected chi connectivity index (χ2v) is 7.88. The number of nitrogens with zero attached hydrogens (tertiary/aromatic N) is 2. The van der Waals surface area contributed by atoms with Gasteiger partial charge in [0.15, 0.2) is 11.5 Å². The molecule has 0 spiro atoms. The lowest BCUT2D eigenvalue weighted by atomic mass is 10.3. The Balaban J connectivity index is 0.000000552. The summed E-state index contributed by atoms with van der Waals surface area (Å²) in [4.78, 5) is 16.4. The Morgan fingerprint density at radius 3 is 2.58 bits per heavy atom. The smallest absolute Gasteiger partial charge is 0.278 e. The van der Waals surface area contributed by atoms with Gasteiger partial charge in [0, 0.05) is 26.3 Å². The van der Waals surface area contributed by atoms with E-state index in [0.29, 0.717) is 13.1 Å². The second-order valence-electron chi connectivity index (χ2n) is 5.03. The third-order valence-electron chi connectivity index (χ3n) is 3.31. The highest BCUT2D eigenvalue weighted by molar-refractivity contribution is 7.89. The van der Waals surface area contributed by atoms with Crippen molar-refractivity contribution in [1.82, 2.24) is 9.29 Å². The van der Waals surface area contributed by atoms with Gasteiger partial charge in [0.05, 0.1) is 4.88 Å². The van der Waals surface area contributed by atoms with Crippen molar-refractivity contribution in [3.8, 4) is 0 Å². The Morgan fingerprint density at radius 1 is 1.31 bits per heavy atom. The highest BCUT2D eigenvalue weighted by Gasteiger charge is 2.38. The highest BCUT2D eigenvalue weighted by Crippen LogP contribution is 2.38. The fourth-order valence-electron chi connectivity index (χ4n) is 2.06. The van der Waals surface area contributed by atoms with Crippen LogP contribution in [0.2, 0.25) is 0 Å². The molecule has 2 aromatic heterocycles. The van der Waals surface area contributed by atoms with Crippen molar-refractivity contribution in [3.63, 3.8) is 0 Å². The molecule has 140 valence electrons. The minimum Gasteiger partial charge on any atom is -0.504 e. The number of amides is 1.